The molecule has 4 atom stereocenters. The molecule has 0 spiro atoms. The number of hydrogen-bond acceptors (Lipinski definition) is 5. The fourth-order valence-electron chi connectivity index (χ4n) is 4.54. The molecule has 4 aliphatic rings. The molecule has 1 aromatic rings. The van der Waals surface area contributed by atoms with Crippen LogP contribution in [0.25, 0.3) is 0 Å². The minimum absolute atomic E-state index is 0.00325. The first-order valence-corrected chi connectivity index (χ1v) is 11.5. The number of halogens is 1. The van der Waals surface area contributed by atoms with Crippen molar-refractivity contribution in [2.75, 3.05) is 29.5 Å². The van der Waals surface area contributed by atoms with E-state index in [-0.39, 0.29) is 48.5 Å². The van der Waals surface area contributed by atoms with E-state index in [0.29, 0.717) is 22.8 Å². The second-order valence-electron chi connectivity index (χ2n) is 8.33. The third-order valence-electron chi connectivity index (χ3n) is 6.23. The first-order valence-electron chi connectivity index (χ1n) is 9.61. The third kappa shape index (κ3) is 3.25. The molecule has 7 nitrogen and oxygen atoms in total. The summed E-state index contributed by atoms with van der Waals surface area (Å²) in [5.74, 6) is 0.739. The van der Waals surface area contributed by atoms with E-state index in [0.717, 1.165) is 12.8 Å². The lowest BCUT2D eigenvalue weighted by atomic mass is 10.1. The van der Waals surface area contributed by atoms with E-state index in [1.165, 1.54) is 11.0 Å². The molecule has 1 aromatic carbocycles. The van der Waals surface area contributed by atoms with Crippen molar-refractivity contribution < 1.29 is 27.8 Å². The van der Waals surface area contributed by atoms with Crippen LogP contribution in [-0.4, -0.2) is 51.8 Å². The normalized spacial score (nSPS) is 34.0. The van der Waals surface area contributed by atoms with Crippen LogP contribution in [0.3, 0.4) is 0 Å². The number of anilines is 1. The van der Waals surface area contributed by atoms with Gasteiger partial charge in [0.15, 0.2) is 0 Å². The summed E-state index contributed by atoms with van der Waals surface area (Å²) in [6.07, 6.45) is 0.826. The number of fused-ring (bicyclic) bond motifs is 1. The summed E-state index contributed by atoms with van der Waals surface area (Å²) < 4.78 is 39.5. The molecule has 28 heavy (non-hydrogen) atoms. The van der Waals surface area contributed by atoms with Gasteiger partial charge in [-0.25, -0.2) is 9.18 Å². The van der Waals surface area contributed by atoms with E-state index < -0.39 is 22.8 Å². The fraction of sp³-hybridized carbons (Fsp3) is 0.579. The lowest BCUT2D eigenvalue weighted by Gasteiger charge is -2.29. The van der Waals surface area contributed by atoms with Crippen LogP contribution < -0.4 is 10.2 Å². The molecule has 2 saturated heterocycles. The summed E-state index contributed by atoms with van der Waals surface area (Å²) in [6.45, 7) is 0.522. The number of ether oxygens (including phenoxy) is 1. The minimum Gasteiger partial charge on any atom is -0.442 e. The van der Waals surface area contributed by atoms with Gasteiger partial charge < -0.3 is 10.1 Å². The highest BCUT2D eigenvalue weighted by molar-refractivity contribution is 8.24. The van der Waals surface area contributed by atoms with E-state index in [9.17, 15) is 23.1 Å². The molecule has 2 aliphatic carbocycles. The lowest BCUT2D eigenvalue weighted by Crippen LogP contribution is -2.35. The summed E-state index contributed by atoms with van der Waals surface area (Å²) in [5.41, 5.74) is 1.01. The third-order valence-corrected chi connectivity index (χ3v) is 8.07. The number of cyclic esters (lactones) is 1. The molecule has 0 bridgehead atoms. The molecule has 2 aliphatic heterocycles. The molecule has 2 saturated carbocycles. The van der Waals surface area contributed by atoms with Crippen LogP contribution >= 0.6 is 10.6 Å². The molecule has 5 rings (SSSR count). The van der Waals surface area contributed by atoms with Crippen molar-refractivity contribution in [3.63, 3.8) is 0 Å². The molecular formula is C19H23FN2O5S. The smallest absolute Gasteiger partial charge is 0.414 e. The van der Waals surface area contributed by atoms with E-state index >= 15 is 0 Å². The number of carbonyl (C=O) groups excluding carboxylic acids is 2. The van der Waals surface area contributed by atoms with Crippen LogP contribution in [0.15, 0.2) is 18.2 Å². The van der Waals surface area contributed by atoms with Gasteiger partial charge in [-0.1, -0.05) is 6.07 Å². The topological polar surface area (TPSA) is 99.1 Å². The van der Waals surface area contributed by atoms with Gasteiger partial charge in [0, 0.05) is 17.4 Å². The molecule has 3 N–H and O–H groups in total. The second kappa shape index (κ2) is 6.33. The summed E-state index contributed by atoms with van der Waals surface area (Å²) in [6, 6.07) is 4.74. The van der Waals surface area contributed by atoms with Crippen molar-refractivity contribution in [1.82, 2.24) is 5.32 Å². The summed E-state index contributed by atoms with van der Waals surface area (Å²) in [4.78, 5) is 25.3. The maximum atomic E-state index is 14.7. The Morgan fingerprint density at radius 2 is 2.00 bits per heavy atom. The number of benzene rings is 1. The van der Waals surface area contributed by atoms with Crippen molar-refractivity contribution in [3.8, 4) is 0 Å². The van der Waals surface area contributed by atoms with Gasteiger partial charge in [-0.3, -0.25) is 18.8 Å². The first kappa shape index (κ1) is 18.2. The number of hydrogen-bond donors (Lipinski definition) is 3. The highest BCUT2D eigenvalue weighted by atomic mass is 32.3. The Labute approximate surface area is 163 Å². The molecule has 1 unspecified atom stereocenters. The quantitative estimate of drug-likeness (QED) is 0.693. The van der Waals surface area contributed by atoms with Crippen molar-refractivity contribution in [2.24, 2.45) is 17.8 Å². The van der Waals surface area contributed by atoms with Crippen molar-refractivity contribution >= 4 is 28.3 Å². The Morgan fingerprint density at radius 1 is 1.29 bits per heavy atom. The predicted octanol–water partition coefficient (Wildman–Crippen LogP) is 2.77. The van der Waals surface area contributed by atoms with Crippen molar-refractivity contribution in [1.29, 1.82) is 0 Å². The van der Waals surface area contributed by atoms with Crippen LogP contribution in [-0.2, 0) is 9.53 Å². The van der Waals surface area contributed by atoms with Crippen molar-refractivity contribution in [2.45, 2.75) is 24.9 Å². The first-order chi connectivity index (χ1) is 13.3. The van der Waals surface area contributed by atoms with E-state index in [2.05, 4.69) is 5.32 Å². The zero-order chi connectivity index (χ0) is 19.6. The number of nitrogens with one attached hydrogen (secondary N) is 1. The Kier molecular flexibility index (Phi) is 4.12. The largest absolute Gasteiger partial charge is 0.442 e. The van der Waals surface area contributed by atoms with Gasteiger partial charge in [0.05, 0.1) is 18.8 Å². The minimum atomic E-state index is -2.47. The highest BCUT2D eigenvalue weighted by Gasteiger charge is 2.59. The molecule has 9 heteroatoms. The molecule has 2 amide bonds. The van der Waals surface area contributed by atoms with E-state index in [4.69, 9.17) is 4.74 Å². The zero-order valence-electron chi connectivity index (χ0n) is 15.2. The van der Waals surface area contributed by atoms with Crippen LogP contribution in [0.4, 0.5) is 14.9 Å². The van der Waals surface area contributed by atoms with Crippen LogP contribution in [0.2, 0.25) is 0 Å². The molecular weight excluding hydrogens is 387 g/mol. The SMILES string of the molecule is O=C(NC[C@H]1CN(c2ccc(C3[C@H]4CS(O)(O)C[C@@H]34)c(F)c2)C(=O)O1)C1CC1. The average molecular weight is 410 g/mol. The Balaban J connectivity index is 1.22. The van der Waals surface area contributed by atoms with Gasteiger partial charge in [0.1, 0.15) is 11.9 Å². The van der Waals surface area contributed by atoms with E-state index in [1.807, 2.05) is 0 Å². The van der Waals surface area contributed by atoms with Gasteiger partial charge in [-0.05, 0) is 48.3 Å². The van der Waals surface area contributed by atoms with Gasteiger partial charge in [0.25, 0.3) is 0 Å². The monoisotopic (exact) mass is 410 g/mol. The van der Waals surface area contributed by atoms with Crippen LogP contribution in [0, 0.1) is 23.6 Å². The number of nitrogens with zero attached hydrogens (tertiary/aromatic N) is 1. The Hall–Kier alpha value is -1.84. The number of amides is 2. The Morgan fingerprint density at radius 3 is 2.64 bits per heavy atom. The van der Waals surface area contributed by atoms with Gasteiger partial charge in [-0.2, -0.15) is 10.6 Å². The number of carbonyl (C=O) groups is 2. The lowest BCUT2D eigenvalue weighted by molar-refractivity contribution is -0.122. The van der Waals surface area contributed by atoms with Gasteiger partial charge in [-0.15, -0.1) is 0 Å². The van der Waals surface area contributed by atoms with Gasteiger partial charge in [0.2, 0.25) is 5.91 Å². The van der Waals surface area contributed by atoms with Gasteiger partial charge >= 0.3 is 6.09 Å². The Bertz CT molecular complexity index is 832. The van der Waals surface area contributed by atoms with Crippen LogP contribution in [0.1, 0.15) is 24.3 Å². The standard InChI is InChI=1S/C19H23FN2O5S/c20-16-5-11(3-4-13(16)17-14-8-28(25,26)9-15(14)17)22-7-12(27-19(22)24)6-21-18(23)10-1-2-10/h3-5,10,12,14-15,17,25-26H,1-2,6-9H2,(H,21,23)/t12-,14-,15+,17?/m0/s1. The number of rotatable bonds is 5. The zero-order valence-corrected chi connectivity index (χ0v) is 16.0. The average Bonchev–Trinajstić information content (AvgIpc) is 3.52. The molecule has 2 heterocycles. The maximum absolute atomic E-state index is 14.7. The molecule has 4 fully saturated rings. The summed E-state index contributed by atoms with van der Waals surface area (Å²) in [7, 11) is -2.47. The second-order valence-corrected chi connectivity index (χ2v) is 10.6. The summed E-state index contributed by atoms with van der Waals surface area (Å²) >= 11 is 0. The summed E-state index contributed by atoms with van der Waals surface area (Å²) in [5, 5.41) is 2.80. The predicted molar refractivity (Wildman–Crippen MR) is 102 cm³/mol. The molecule has 0 aromatic heterocycles. The maximum Gasteiger partial charge on any atom is 0.414 e. The highest BCUT2D eigenvalue weighted by Crippen LogP contribution is 2.69. The van der Waals surface area contributed by atoms with Crippen molar-refractivity contribution in [3.05, 3.63) is 29.6 Å². The van der Waals surface area contributed by atoms with E-state index in [1.54, 1.807) is 12.1 Å². The molecule has 152 valence electrons. The van der Waals surface area contributed by atoms with Crippen LogP contribution in [0.5, 0.6) is 0 Å². The fourth-order valence-corrected chi connectivity index (χ4v) is 6.82. The molecule has 0 radical (unpaired) electrons.